The van der Waals surface area contributed by atoms with Crippen LogP contribution in [0.1, 0.15) is 11.9 Å². The molecule has 4 unspecified atom stereocenters. The fourth-order valence-electron chi connectivity index (χ4n) is 2.24. The SMILES string of the molecule is Cc1ncnc2c1ncn2C1OC(CI)C(O)C1O. The van der Waals surface area contributed by atoms with Crippen LogP contribution in [0.15, 0.2) is 12.7 Å². The number of alkyl halides is 1. The number of hydrogen-bond donors (Lipinski definition) is 2. The first-order valence-corrected chi connectivity index (χ1v) is 7.37. The van der Waals surface area contributed by atoms with Gasteiger partial charge in [-0.25, -0.2) is 15.0 Å². The second-order valence-electron chi connectivity index (χ2n) is 4.48. The molecule has 1 fully saturated rings. The fourth-order valence-corrected chi connectivity index (χ4v) is 2.97. The van der Waals surface area contributed by atoms with Crippen LogP contribution in [0.2, 0.25) is 0 Å². The smallest absolute Gasteiger partial charge is 0.165 e. The van der Waals surface area contributed by atoms with E-state index in [1.807, 2.05) is 6.92 Å². The topological polar surface area (TPSA) is 93.3 Å². The second-order valence-corrected chi connectivity index (χ2v) is 5.36. The third kappa shape index (κ3) is 2.02. The molecule has 8 heteroatoms. The van der Waals surface area contributed by atoms with E-state index >= 15 is 0 Å². The van der Waals surface area contributed by atoms with E-state index in [2.05, 4.69) is 37.5 Å². The van der Waals surface area contributed by atoms with Gasteiger partial charge in [-0.3, -0.25) is 4.57 Å². The molecule has 1 saturated heterocycles. The summed E-state index contributed by atoms with van der Waals surface area (Å²) >= 11 is 2.12. The standard InChI is InChI=1S/C11H13IN4O3/c1-5-7-10(14-3-13-5)16(4-15-7)11-9(18)8(17)6(2-12)19-11/h3-4,6,8-9,11,17-18H,2H2,1H3. The Labute approximate surface area is 122 Å². The lowest BCUT2D eigenvalue weighted by molar-refractivity contribution is -0.0283. The summed E-state index contributed by atoms with van der Waals surface area (Å²) in [5.74, 6) is 0. The molecule has 19 heavy (non-hydrogen) atoms. The molecule has 1 aliphatic rings. The zero-order valence-electron chi connectivity index (χ0n) is 10.1. The first-order valence-electron chi connectivity index (χ1n) is 5.85. The molecule has 2 N–H and O–H groups in total. The molecule has 7 nitrogen and oxygen atoms in total. The third-order valence-corrected chi connectivity index (χ3v) is 4.17. The number of aliphatic hydroxyl groups excluding tert-OH is 2. The van der Waals surface area contributed by atoms with Gasteiger partial charge < -0.3 is 14.9 Å². The largest absolute Gasteiger partial charge is 0.387 e. The van der Waals surface area contributed by atoms with E-state index in [0.29, 0.717) is 15.6 Å². The van der Waals surface area contributed by atoms with Crippen molar-refractivity contribution in [2.75, 3.05) is 4.43 Å². The Bertz CT molecular complexity index is 605. The molecule has 3 heterocycles. The Morgan fingerprint density at radius 1 is 1.32 bits per heavy atom. The van der Waals surface area contributed by atoms with E-state index in [1.54, 1.807) is 10.9 Å². The predicted octanol–water partition coefficient (Wildman–Crippen LogP) is 0.189. The molecule has 0 spiro atoms. The molecule has 4 atom stereocenters. The van der Waals surface area contributed by atoms with Crippen LogP contribution >= 0.6 is 22.6 Å². The maximum absolute atomic E-state index is 10.1. The third-order valence-electron chi connectivity index (χ3n) is 3.31. The van der Waals surface area contributed by atoms with Crippen LogP contribution in [0.3, 0.4) is 0 Å². The predicted molar refractivity (Wildman–Crippen MR) is 74.9 cm³/mol. The summed E-state index contributed by atoms with van der Waals surface area (Å²) < 4.78 is 7.93. The normalized spacial score (nSPS) is 31.2. The van der Waals surface area contributed by atoms with Crippen molar-refractivity contribution < 1.29 is 14.9 Å². The van der Waals surface area contributed by atoms with E-state index in [0.717, 1.165) is 5.69 Å². The van der Waals surface area contributed by atoms with Gasteiger partial charge in [0.2, 0.25) is 0 Å². The molecule has 0 radical (unpaired) electrons. The molecule has 102 valence electrons. The van der Waals surface area contributed by atoms with Crippen molar-refractivity contribution in [1.29, 1.82) is 0 Å². The summed E-state index contributed by atoms with van der Waals surface area (Å²) in [6.45, 7) is 1.84. The van der Waals surface area contributed by atoms with Gasteiger partial charge in [0.1, 0.15) is 24.1 Å². The number of aromatic nitrogens is 4. The van der Waals surface area contributed by atoms with Crippen LogP contribution in [0.4, 0.5) is 0 Å². The van der Waals surface area contributed by atoms with E-state index in [9.17, 15) is 10.2 Å². The number of halogens is 1. The van der Waals surface area contributed by atoms with Crippen LogP contribution in [-0.4, -0.2) is 52.5 Å². The number of rotatable bonds is 2. The molecule has 0 amide bonds. The highest BCUT2D eigenvalue weighted by Crippen LogP contribution is 2.32. The summed E-state index contributed by atoms with van der Waals surface area (Å²) in [4.78, 5) is 12.5. The van der Waals surface area contributed by atoms with E-state index in [4.69, 9.17) is 4.74 Å². The summed E-state index contributed by atoms with van der Waals surface area (Å²) in [6, 6.07) is 0. The minimum absolute atomic E-state index is 0.388. The van der Waals surface area contributed by atoms with Gasteiger partial charge in [-0.05, 0) is 6.92 Å². The molecule has 2 aromatic heterocycles. The number of aryl methyl sites for hydroxylation is 1. The van der Waals surface area contributed by atoms with Crippen LogP contribution in [0, 0.1) is 6.92 Å². The van der Waals surface area contributed by atoms with Crippen LogP contribution < -0.4 is 0 Å². The summed E-state index contributed by atoms with van der Waals surface area (Å²) in [6.07, 6.45) is 0.0520. The Hall–Kier alpha value is -0.840. The molecule has 0 saturated carbocycles. The number of ether oxygens (including phenoxy) is 1. The molecule has 0 aromatic carbocycles. The lowest BCUT2D eigenvalue weighted by Gasteiger charge is -2.16. The maximum atomic E-state index is 10.1. The maximum Gasteiger partial charge on any atom is 0.165 e. The first-order chi connectivity index (χ1) is 9.13. The second kappa shape index (κ2) is 4.93. The number of fused-ring (bicyclic) bond motifs is 1. The van der Waals surface area contributed by atoms with Crippen molar-refractivity contribution in [2.45, 2.75) is 31.5 Å². The molecular formula is C11H13IN4O3. The molecular weight excluding hydrogens is 363 g/mol. The zero-order valence-corrected chi connectivity index (χ0v) is 12.3. The molecule has 0 aliphatic carbocycles. The molecule has 3 rings (SSSR count). The minimum Gasteiger partial charge on any atom is -0.387 e. The molecule has 2 aromatic rings. The zero-order chi connectivity index (χ0) is 13.6. The number of hydrogen-bond acceptors (Lipinski definition) is 6. The van der Waals surface area contributed by atoms with Gasteiger partial charge >= 0.3 is 0 Å². The van der Waals surface area contributed by atoms with E-state index < -0.39 is 18.4 Å². The fraction of sp³-hybridized carbons (Fsp3) is 0.545. The van der Waals surface area contributed by atoms with Gasteiger partial charge in [-0.1, -0.05) is 22.6 Å². The Balaban J connectivity index is 2.04. The number of imidazole rings is 1. The summed E-state index contributed by atoms with van der Waals surface area (Å²) in [5.41, 5.74) is 2.03. The van der Waals surface area contributed by atoms with Gasteiger partial charge in [0, 0.05) is 4.43 Å². The average molecular weight is 376 g/mol. The van der Waals surface area contributed by atoms with Gasteiger partial charge in [-0.15, -0.1) is 0 Å². The monoisotopic (exact) mass is 376 g/mol. The molecule has 0 bridgehead atoms. The summed E-state index contributed by atoms with van der Waals surface area (Å²) in [7, 11) is 0. The van der Waals surface area contributed by atoms with Crippen LogP contribution in [-0.2, 0) is 4.74 Å². The van der Waals surface area contributed by atoms with Crippen molar-refractivity contribution >= 4 is 33.8 Å². The van der Waals surface area contributed by atoms with Crippen molar-refractivity contribution in [2.24, 2.45) is 0 Å². The Kier molecular flexibility index (Phi) is 3.41. The van der Waals surface area contributed by atoms with Crippen LogP contribution in [0.5, 0.6) is 0 Å². The lowest BCUT2D eigenvalue weighted by Crippen LogP contribution is -2.32. The minimum atomic E-state index is -0.993. The van der Waals surface area contributed by atoms with Crippen molar-refractivity contribution in [1.82, 2.24) is 19.5 Å². The van der Waals surface area contributed by atoms with E-state index in [1.165, 1.54) is 6.33 Å². The average Bonchev–Trinajstić information content (AvgIpc) is 2.94. The van der Waals surface area contributed by atoms with Gasteiger partial charge in [0.15, 0.2) is 11.9 Å². The van der Waals surface area contributed by atoms with Gasteiger partial charge in [0.05, 0.1) is 18.1 Å². The first kappa shape index (κ1) is 13.2. The van der Waals surface area contributed by atoms with Crippen molar-refractivity contribution in [3.63, 3.8) is 0 Å². The highest BCUT2D eigenvalue weighted by molar-refractivity contribution is 14.1. The van der Waals surface area contributed by atoms with Crippen LogP contribution in [0.25, 0.3) is 11.2 Å². The number of nitrogens with zero attached hydrogens (tertiary/aromatic N) is 4. The Morgan fingerprint density at radius 2 is 2.11 bits per heavy atom. The highest BCUT2D eigenvalue weighted by atomic mass is 127. The highest BCUT2D eigenvalue weighted by Gasteiger charge is 2.43. The van der Waals surface area contributed by atoms with Gasteiger partial charge in [0.25, 0.3) is 0 Å². The quantitative estimate of drug-likeness (QED) is 0.574. The number of aliphatic hydroxyl groups is 2. The van der Waals surface area contributed by atoms with Gasteiger partial charge in [-0.2, -0.15) is 0 Å². The lowest BCUT2D eigenvalue weighted by atomic mass is 10.1. The Morgan fingerprint density at radius 3 is 2.79 bits per heavy atom. The van der Waals surface area contributed by atoms with E-state index in [-0.39, 0.29) is 6.10 Å². The summed E-state index contributed by atoms with van der Waals surface area (Å²) in [5, 5.41) is 20.0. The van der Waals surface area contributed by atoms with Crippen molar-refractivity contribution in [3.05, 3.63) is 18.3 Å². The molecule has 1 aliphatic heterocycles. The van der Waals surface area contributed by atoms with Crippen molar-refractivity contribution in [3.8, 4) is 0 Å².